The van der Waals surface area contributed by atoms with Gasteiger partial charge in [-0.1, -0.05) is 11.9 Å². The maximum Gasteiger partial charge on any atom is 1.00 e. The van der Waals surface area contributed by atoms with Gasteiger partial charge >= 0.3 is 72.2 Å². The van der Waals surface area contributed by atoms with E-state index in [9.17, 15) is 49.2 Å². The van der Waals surface area contributed by atoms with Crippen LogP contribution in [0.4, 0.5) is 15.5 Å². The Balaban J connectivity index is -0.000000269. The van der Waals surface area contributed by atoms with Gasteiger partial charge in [-0.2, -0.15) is 16.8 Å². The van der Waals surface area contributed by atoms with E-state index in [-0.39, 0.29) is 72.5 Å². The summed E-state index contributed by atoms with van der Waals surface area (Å²) < 4.78 is 131. The Morgan fingerprint density at radius 3 is 1.00 bits per heavy atom. The molecule has 0 aromatic carbocycles. The molecule has 16 nitrogen and oxygen atoms in total. The molecule has 0 radical (unpaired) electrons. The Bertz CT molecular complexity index is 1780. The summed E-state index contributed by atoms with van der Waals surface area (Å²) in [5, 5.41) is 0. The number of rotatable bonds is 6. The molecule has 0 amide bonds. The molecule has 0 atom stereocenters. The molecule has 0 aliphatic carbocycles. The second-order valence-corrected chi connectivity index (χ2v) is 15.0. The second kappa shape index (κ2) is 23.2. The minimum absolute atomic E-state index is 0. The van der Waals surface area contributed by atoms with Crippen molar-refractivity contribution in [2.45, 2.75) is 89.3 Å². The third-order valence-electron chi connectivity index (χ3n) is 7.47. The van der Waals surface area contributed by atoms with Crippen molar-refractivity contribution >= 4 is 41.6 Å². The second-order valence-electron chi connectivity index (χ2n) is 10.3. The number of hydrogen-bond donors (Lipinski definition) is 1. The summed E-state index contributed by atoms with van der Waals surface area (Å²) in [5.41, 5.74) is 7.89. The van der Waals surface area contributed by atoms with Crippen molar-refractivity contribution in [3.63, 3.8) is 0 Å². The molecule has 0 aliphatic rings. The van der Waals surface area contributed by atoms with Crippen LogP contribution in [-0.2, 0) is 75.9 Å². The summed E-state index contributed by atoms with van der Waals surface area (Å²) in [6.07, 6.45) is 0. The zero-order valence-electron chi connectivity index (χ0n) is 31.3. The fraction of sp³-hybridized carbons (Fsp3) is 0.640. The van der Waals surface area contributed by atoms with Gasteiger partial charge in [-0.05, 0) is 34.6 Å². The van der Waals surface area contributed by atoms with Crippen LogP contribution in [0.5, 0.6) is 0 Å². The standard InChI is InChI=1S/2C9H17N2.C7H12N2.BrH.F2HNO4S2.F2NO4S2.K/c2*1-6-11-8(3)7(2)10(5)9(11)4;1-5-6(2)9(4)7(3)8-5;;2*1-8(4,5)3-9(2,6)7;/h2*6H2,1-5H3;1-4H3;1H;3H;;/q2*+1;;;;-1;+1/p-1. The monoisotopic (exact) mass is 909 g/mol. The number of aromatic nitrogens is 6. The number of imidazole rings is 3. The fourth-order valence-electron chi connectivity index (χ4n) is 4.25. The number of hydrogen-bond acceptors (Lipinski definition) is 9. The van der Waals surface area contributed by atoms with E-state index in [1.54, 1.807) is 0 Å². The summed E-state index contributed by atoms with van der Waals surface area (Å²) >= 11 is 0. The van der Waals surface area contributed by atoms with Gasteiger partial charge in [0.15, 0.2) is 0 Å². The number of nitrogens with one attached hydrogen (secondary N) is 1. The molecule has 0 fully saturated rings. The fourth-order valence-corrected chi connectivity index (χ4v) is 6.05. The predicted octanol–water partition coefficient (Wildman–Crippen LogP) is -3.34. The molecule has 3 aromatic rings. The van der Waals surface area contributed by atoms with E-state index < -0.39 is 41.6 Å². The summed E-state index contributed by atoms with van der Waals surface area (Å²) in [6.45, 7) is 25.6. The van der Waals surface area contributed by atoms with Gasteiger partial charge < -0.3 is 25.7 Å². The van der Waals surface area contributed by atoms with Crippen LogP contribution in [0.3, 0.4) is 0 Å². The first-order chi connectivity index (χ1) is 21.7. The molecule has 51 heavy (non-hydrogen) atoms. The molecule has 26 heteroatoms. The van der Waals surface area contributed by atoms with Crippen LogP contribution in [-0.4, -0.2) is 52.4 Å². The van der Waals surface area contributed by atoms with E-state index in [1.807, 2.05) is 20.9 Å². The molecule has 0 unspecified atom stereocenters. The van der Waals surface area contributed by atoms with Gasteiger partial charge in [0.2, 0.25) is 20.8 Å². The molecule has 3 aromatic heterocycles. The SMILES string of the molecule is CCn1c(C)c(C)[n+](C)c1C.CCn1c(C)c(C)[n+](C)c1C.Cc1nc(C)n(C)c1C.O=S(=O)(F)NS(=O)(=O)F.O=S(=O)(F)[N-]S(=O)(=O)F.[Br-].[K+]. The quantitative estimate of drug-likeness (QED) is 0.114. The van der Waals surface area contributed by atoms with Crippen LogP contribution >= 0.6 is 0 Å². The smallest absolute Gasteiger partial charge is 1.00 e. The number of halogens is 5. The Morgan fingerprint density at radius 2 is 0.941 bits per heavy atom. The van der Waals surface area contributed by atoms with Gasteiger partial charge in [-0.15, -0.1) is 7.77 Å². The first-order valence-electron chi connectivity index (χ1n) is 14.0. The third-order valence-corrected chi connectivity index (χ3v) is 10.5. The molecule has 0 saturated carbocycles. The molecule has 294 valence electrons. The summed E-state index contributed by atoms with van der Waals surface area (Å²) in [4.78, 5) is 4.27. The average molecular weight is 911 g/mol. The first-order valence-corrected chi connectivity index (χ1v) is 19.5. The average Bonchev–Trinajstić information content (AvgIpc) is 3.32. The largest absolute Gasteiger partial charge is 1.00 e. The number of nitrogens with zero attached hydrogens (tertiary/aromatic N) is 7. The minimum atomic E-state index is -5.62. The van der Waals surface area contributed by atoms with E-state index >= 15 is 0 Å². The van der Waals surface area contributed by atoms with Crippen LogP contribution in [0, 0.1) is 62.3 Å². The van der Waals surface area contributed by atoms with Crippen LogP contribution in [0.25, 0.3) is 4.13 Å². The van der Waals surface area contributed by atoms with Crippen LogP contribution < -0.4 is 81.6 Å². The van der Waals surface area contributed by atoms with E-state index in [0.29, 0.717) is 0 Å². The van der Waals surface area contributed by atoms with Gasteiger partial charge in [0.25, 0.3) is 11.6 Å². The van der Waals surface area contributed by atoms with Crippen LogP contribution in [0.1, 0.15) is 65.5 Å². The van der Waals surface area contributed by atoms with Crippen molar-refractivity contribution in [1.82, 2.24) is 22.8 Å². The van der Waals surface area contributed by atoms with Crippen LogP contribution in [0.2, 0.25) is 0 Å². The summed E-state index contributed by atoms with van der Waals surface area (Å²) in [6, 6.07) is 0. The van der Waals surface area contributed by atoms with Crippen LogP contribution in [0.15, 0.2) is 0 Å². The Kier molecular flexibility index (Phi) is 25.9. The molecule has 3 heterocycles. The third kappa shape index (κ3) is 21.6. The van der Waals surface area contributed by atoms with E-state index in [0.717, 1.165) is 28.7 Å². The van der Waals surface area contributed by atoms with Crippen molar-refractivity contribution in [1.29, 1.82) is 0 Å². The van der Waals surface area contributed by atoms with E-state index in [4.69, 9.17) is 0 Å². The van der Waals surface area contributed by atoms with Gasteiger partial charge in [-0.25, -0.2) is 40.1 Å². The Hall–Kier alpha value is -0.814. The van der Waals surface area contributed by atoms with Crippen molar-refractivity contribution in [3.8, 4) is 0 Å². The summed E-state index contributed by atoms with van der Waals surface area (Å²) in [5.74, 6) is 3.76. The Morgan fingerprint density at radius 1 is 0.647 bits per heavy atom. The Labute approximate surface area is 353 Å². The zero-order chi connectivity index (χ0) is 39.6. The van der Waals surface area contributed by atoms with E-state index in [2.05, 4.69) is 104 Å². The topological polar surface area (TPSA) is 198 Å². The van der Waals surface area contributed by atoms with Gasteiger partial charge in [-0.3, -0.25) is 0 Å². The van der Waals surface area contributed by atoms with E-state index in [1.165, 1.54) is 40.1 Å². The van der Waals surface area contributed by atoms with Gasteiger partial charge in [0, 0.05) is 54.3 Å². The molecule has 3 rings (SSSR count). The van der Waals surface area contributed by atoms with Crippen molar-refractivity contribution < 1.29 is 127 Å². The minimum Gasteiger partial charge on any atom is -1.00 e. The predicted molar refractivity (Wildman–Crippen MR) is 175 cm³/mol. The maximum absolute atomic E-state index is 11.1. The van der Waals surface area contributed by atoms with Crippen molar-refractivity contribution in [2.75, 3.05) is 0 Å². The molecule has 0 aliphatic heterocycles. The molecule has 0 spiro atoms. The summed E-state index contributed by atoms with van der Waals surface area (Å²) in [7, 11) is -16.0. The molecular weight excluding hydrogens is 864 g/mol. The van der Waals surface area contributed by atoms with Gasteiger partial charge in [0.05, 0.1) is 32.9 Å². The molecule has 0 bridgehead atoms. The molecule has 0 saturated heterocycles. The normalized spacial score (nSPS) is 11.2. The maximum atomic E-state index is 11.1. The number of aryl methyl sites for hydroxylation is 2. The zero-order valence-corrected chi connectivity index (χ0v) is 39.3. The molecule has 1 N–H and O–H groups in total. The first kappa shape index (κ1) is 56.9. The van der Waals surface area contributed by atoms with Gasteiger partial charge in [0.1, 0.15) is 28.6 Å². The molecular formula is C25H47BrF4KN8O8S4+. The van der Waals surface area contributed by atoms with Crippen molar-refractivity contribution in [2.24, 2.45) is 21.1 Å². The van der Waals surface area contributed by atoms with Crippen molar-refractivity contribution in [3.05, 3.63) is 55.8 Å².